The summed E-state index contributed by atoms with van der Waals surface area (Å²) < 4.78 is 10.5. The summed E-state index contributed by atoms with van der Waals surface area (Å²) >= 11 is 0. The SMILES string of the molecule is COc1ccc(C(=O)[C@H]2CCCN(c3cncc(C(N)=O)n3)C2)cc1OC. The molecule has 1 aliphatic heterocycles. The van der Waals surface area contributed by atoms with Crippen LogP contribution in [-0.2, 0) is 0 Å². The number of ether oxygens (including phenoxy) is 2. The maximum absolute atomic E-state index is 13.0. The minimum atomic E-state index is -0.626. The number of hydrogen-bond donors (Lipinski definition) is 1. The van der Waals surface area contributed by atoms with E-state index in [-0.39, 0.29) is 17.4 Å². The van der Waals surface area contributed by atoms with Crippen LogP contribution in [0.25, 0.3) is 0 Å². The van der Waals surface area contributed by atoms with Gasteiger partial charge in [0.1, 0.15) is 11.5 Å². The van der Waals surface area contributed by atoms with Crippen LogP contribution in [0.5, 0.6) is 11.5 Å². The molecule has 1 aromatic heterocycles. The van der Waals surface area contributed by atoms with Crippen LogP contribution in [0.3, 0.4) is 0 Å². The van der Waals surface area contributed by atoms with Crippen LogP contribution < -0.4 is 20.1 Å². The summed E-state index contributed by atoms with van der Waals surface area (Å²) in [5, 5.41) is 0. The Morgan fingerprint density at radius 1 is 1.19 bits per heavy atom. The number of anilines is 1. The van der Waals surface area contributed by atoms with Crippen molar-refractivity contribution in [3.05, 3.63) is 41.9 Å². The molecular weight excluding hydrogens is 348 g/mol. The molecule has 1 amide bonds. The zero-order valence-corrected chi connectivity index (χ0v) is 15.3. The molecule has 2 N–H and O–H groups in total. The van der Waals surface area contributed by atoms with Crippen molar-refractivity contribution in [2.24, 2.45) is 11.7 Å². The first-order valence-electron chi connectivity index (χ1n) is 8.66. The average Bonchev–Trinajstić information content (AvgIpc) is 2.72. The number of rotatable bonds is 6. The molecule has 1 aliphatic rings. The highest BCUT2D eigenvalue weighted by atomic mass is 16.5. The van der Waals surface area contributed by atoms with Crippen molar-refractivity contribution in [2.75, 3.05) is 32.2 Å². The van der Waals surface area contributed by atoms with E-state index in [1.54, 1.807) is 38.6 Å². The number of primary amides is 1. The lowest BCUT2D eigenvalue weighted by atomic mass is 9.90. The lowest BCUT2D eigenvalue weighted by molar-refractivity contribution is 0.0905. The lowest BCUT2D eigenvalue weighted by Gasteiger charge is -2.32. The van der Waals surface area contributed by atoms with Gasteiger partial charge in [-0.15, -0.1) is 0 Å². The number of hydrogen-bond acceptors (Lipinski definition) is 7. The predicted octanol–water partition coefficient (Wildman–Crippen LogP) is 1.69. The van der Waals surface area contributed by atoms with Gasteiger partial charge < -0.3 is 20.1 Å². The number of ketones is 1. The number of carbonyl (C=O) groups is 2. The van der Waals surface area contributed by atoms with Gasteiger partial charge in [-0.1, -0.05) is 0 Å². The Balaban J connectivity index is 1.79. The van der Waals surface area contributed by atoms with Crippen LogP contribution in [0.15, 0.2) is 30.6 Å². The third-order valence-corrected chi connectivity index (χ3v) is 4.66. The number of nitrogens with two attached hydrogens (primary N) is 1. The molecular formula is C19H22N4O4. The molecule has 0 unspecified atom stereocenters. The molecule has 0 spiro atoms. The van der Waals surface area contributed by atoms with Crippen LogP contribution in [0, 0.1) is 5.92 Å². The first-order chi connectivity index (χ1) is 13.0. The third-order valence-electron chi connectivity index (χ3n) is 4.66. The highest BCUT2D eigenvalue weighted by Gasteiger charge is 2.28. The number of piperidine rings is 1. The van der Waals surface area contributed by atoms with Gasteiger partial charge in [0.2, 0.25) is 0 Å². The summed E-state index contributed by atoms with van der Waals surface area (Å²) in [5.74, 6) is 0.889. The quantitative estimate of drug-likeness (QED) is 0.771. The molecule has 1 aromatic carbocycles. The second-order valence-corrected chi connectivity index (χ2v) is 6.35. The molecule has 3 rings (SSSR count). The maximum atomic E-state index is 13.0. The van der Waals surface area contributed by atoms with Crippen LogP contribution >= 0.6 is 0 Å². The van der Waals surface area contributed by atoms with E-state index in [9.17, 15) is 9.59 Å². The van der Waals surface area contributed by atoms with Crippen LogP contribution in [0.1, 0.15) is 33.7 Å². The monoisotopic (exact) mass is 370 g/mol. The van der Waals surface area contributed by atoms with Crippen molar-refractivity contribution < 1.29 is 19.1 Å². The zero-order chi connectivity index (χ0) is 19.4. The van der Waals surface area contributed by atoms with Crippen molar-refractivity contribution in [3.63, 3.8) is 0 Å². The summed E-state index contributed by atoms with van der Waals surface area (Å²) in [7, 11) is 3.10. The van der Waals surface area contributed by atoms with Crippen molar-refractivity contribution in [3.8, 4) is 11.5 Å². The number of amides is 1. The number of methoxy groups -OCH3 is 2. The van der Waals surface area contributed by atoms with E-state index in [0.717, 1.165) is 19.4 Å². The molecule has 1 fully saturated rings. The van der Waals surface area contributed by atoms with Gasteiger partial charge in [-0.25, -0.2) is 4.98 Å². The number of aromatic nitrogens is 2. The zero-order valence-electron chi connectivity index (χ0n) is 15.3. The third kappa shape index (κ3) is 3.99. The molecule has 0 saturated carbocycles. The molecule has 8 heteroatoms. The van der Waals surface area contributed by atoms with Gasteiger partial charge in [0, 0.05) is 24.6 Å². The Kier molecular flexibility index (Phi) is 5.54. The van der Waals surface area contributed by atoms with Crippen molar-refractivity contribution in [1.29, 1.82) is 0 Å². The molecule has 2 heterocycles. The summed E-state index contributed by atoms with van der Waals surface area (Å²) in [6, 6.07) is 5.18. The average molecular weight is 370 g/mol. The van der Waals surface area contributed by atoms with Gasteiger partial charge in [-0.3, -0.25) is 14.6 Å². The second kappa shape index (κ2) is 8.03. The smallest absolute Gasteiger partial charge is 0.268 e. The first-order valence-corrected chi connectivity index (χ1v) is 8.66. The van der Waals surface area contributed by atoms with Gasteiger partial charge in [-0.05, 0) is 31.0 Å². The maximum Gasteiger partial charge on any atom is 0.268 e. The largest absolute Gasteiger partial charge is 0.493 e. The van der Waals surface area contributed by atoms with E-state index >= 15 is 0 Å². The summed E-state index contributed by atoms with van der Waals surface area (Å²) in [6.45, 7) is 1.25. The molecule has 0 bridgehead atoms. The summed E-state index contributed by atoms with van der Waals surface area (Å²) in [6.07, 6.45) is 4.54. The van der Waals surface area contributed by atoms with Gasteiger partial charge in [0.15, 0.2) is 17.3 Å². The molecule has 0 aliphatic carbocycles. The molecule has 2 aromatic rings. The van der Waals surface area contributed by atoms with E-state index in [4.69, 9.17) is 15.2 Å². The Hall–Kier alpha value is -3.16. The number of benzene rings is 1. The summed E-state index contributed by atoms with van der Waals surface area (Å²) in [4.78, 5) is 34.6. The summed E-state index contributed by atoms with van der Waals surface area (Å²) in [5.41, 5.74) is 5.97. The highest BCUT2D eigenvalue weighted by molar-refractivity contribution is 5.99. The van der Waals surface area contributed by atoms with Crippen LogP contribution in [0.2, 0.25) is 0 Å². The number of nitrogens with zero attached hydrogens (tertiary/aromatic N) is 3. The van der Waals surface area contributed by atoms with E-state index < -0.39 is 5.91 Å². The number of carbonyl (C=O) groups excluding carboxylic acids is 2. The fraction of sp³-hybridized carbons (Fsp3) is 0.368. The molecule has 142 valence electrons. The normalized spacial score (nSPS) is 16.7. The Labute approximate surface area is 157 Å². The molecule has 1 atom stereocenters. The van der Waals surface area contributed by atoms with Crippen molar-refractivity contribution >= 4 is 17.5 Å². The van der Waals surface area contributed by atoms with Crippen LogP contribution in [-0.4, -0.2) is 49.0 Å². The highest BCUT2D eigenvalue weighted by Crippen LogP contribution is 2.30. The van der Waals surface area contributed by atoms with Crippen molar-refractivity contribution in [1.82, 2.24) is 9.97 Å². The van der Waals surface area contributed by atoms with E-state index in [2.05, 4.69) is 9.97 Å². The lowest BCUT2D eigenvalue weighted by Crippen LogP contribution is -2.39. The Bertz CT molecular complexity index is 855. The minimum absolute atomic E-state index is 0.0414. The first kappa shape index (κ1) is 18.6. The standard InChI is InChI=1S/C19H22N4O4/c1-26-15-6-5-12(8-16(15)27-2)18(24)13-4-3-7-23(11-13)17-10-21-9-14(22-17)19(20)25/h5-6,8-10,13H,3-4,7,11H2,1-2H3,(H2,20,25)/t13-/m0/s1. The number of Topliss-reactive ketones (excluding diaryl/α,β-unsaturated/α-hetero) is 1. The molecule has 0 radical (unpaired) electrons. The van der Waals surface area contributed by atoms with E-state index in [1.165, 1.54) is 6.20 Å². The van der Waals surface area contributed by atoms with Gasteiger partial charge in [0.25, 0.3) is 5.91 Å². The fourth-order valence-electron chi connectivity index (χ4n) is 3.25. The molecule has 27 heavy (non-hydrogen) atoms. The molecule has 1 saturated heterocycles. The fourth-order valence-corrected chi connectivity index (χ4v) is 3.25. The second-order valence-electron chi connectivity index (χ2n) is 6.35. The minimum Gasteiger partial charge on any atom is -0.493 e. The predicted molar refractivity (Wildman–Crippen MR) is 99.4 cm³/mol. The van der Waals surface area contributed by atoms with Gasteiger partial charge in [-0.2, -0.15) is 0 Å². The topological polar surface area (TPSA) is 108 Å². The van der Waals surface area contributed by atoms with Crippen molar-refractivity contribution in [2.45, 2.75) is 12.8 Å². The van der Waals surface area contributed by atoms with E-state index in [1.807, 2.05) is 4.90 Å². The Morgan fingerprint density at radius 2 is 1.96 bits per heavy atom. The van der Waals surface area contributed by atoms with Crippen LogP contribution in [0.4, 0.5) is 5.82 Å². The van der Waals surface area contributed by atoms with Gasteiger partial charge in [0.05, 0.1) is 26.6 Å². The Morgan fingerprint density at radius 3 is 2.67 bits per heavy atom. The van der Waals surface area contributed by atoms with E-state index in [0.29, 0.717) is 29.4 Å². The van der Waals surface area contributed by atoms with Gasteiger partial charge >= 0.3 is 0 Å². The molecule has 8 nitrogen and oxygen atoms in total.